The van der Waals surface area contributed by atoms with E-state index in [0.29, 0.717) is 31.2 Å². The molecular weight excluding hydrogens is 404 g/mol. The Morgan fingerprint density at radius 1 is 1.04 bits per heavy atom. The SMILES string of the molecule is COc1cc(CNCc2ccccn2)cc(Br)c1OCc1ccccc1C. The van der Waals surface area contributed by atoms with Crippen LogP contribution >= 0.6 is 15.9 Å². The molecule has 0 unspecified atom stereocenters. The zero-order chi connectivity index (χ0) is 19.1. The lowest BCUT2D eigenvalue weighted by atomic mass is 10.1. The van der Waals surface area contributed by atoms with Crippen molar-refractivity contribution in [2.45, 2.75) is 26.6 Å². The number of rotatable bonds is 8. The Balaban J connectivity index is 1.66. The number of pyridine rings is 1. The highest BCUT2D eigenvalue weighted by atomic mass is 79.9. The summed E-state index contributed by atoms with van der Waals surface area (Å²) in [7, 11) is 1.66. The van der Waals surface area contributed by atoms with Gasteiger partial charge in [-0.15, -0.1) is 0 Å². The van der Waals surface area contributed by atoms with Crippen LogP contribution in [0.3, 0.4) is 0 Å². The van der Waals surface area contributed by atoms with Crippen LogP contribution < -0.4 is 14.8 Å². The zero-order valence-electron chi connectivity index (χ0n) is 15.5. The van der Waals surface area contributed by atoms with Crippen molar-refractivity contribution in [1.29, 1.82) is 0 Å². The highest BCUT2D eigenvalue weighted by Crippen LogP contribution is 2.37. The molecule has 0 bridgehead atoms. The summed E-state index contributed by atoms with van der Waals surface area (Å²) in [4.78, 5) is 4.32. The molecule has 0 radical (unpaired) electrons. The van der Waals surface area contributed by atoms with Crippen LogP contribution in [0.2, 0.25) is 0 Å². The first kappa shape index (κ1) is 19.4. The highest BCUT2D eigenvalue weighted by Gasteiger charge is 2.12. The lowest BCUT2D eigenvalue weighted by molar-refractivity contribution is 0.281. The Morgan fingerprint density at radius 3 is 2.59 bits per heavy atom. The number of methoxy groups -OCH3 is 1. The van der Waals surface area contributed by atoms with Gasteiger partial charge in [0, 0.05) is 19.3 Å². The topological polar surface area (TPSA) is 43.4 Å². The number of nitrogens with one attached hydrogen (secondary N) is 1. The molecule has 0 spiro atoms. The molecule has 140 valence electrons. The maximum atomic E-state index is 6.05. The predicted octanol–water partition coefficient (Wildman–Crippen LogP) is 5.03. The number of nitrogens with zero attached hydrogens (tertiary/aromatic N) is 1. The van der Waals surface area contributed by atoms with Crippen molar-refractivity contribution < 1.29 is 9.47 Å². The van der Waals surface area contributed by atoms with E-state index in [2.05, 4.69) is 51.4 Å². The fourth-order valence-electron chi connectivity index (χ4n) is 2.77. The second-order valence-electron chi connectivity index (χ2n) is 6.25. The Morgan fingerprint density at radius 2 is 1.85 bits per heavy atom. The number of benzene rings is 2. The standard InChI is InChI=1S/C22H23BrN2O2/c1-16-7-3-4-8-18(16)15-27-22-20(23)11-17(12-21(22)26-2)13-24-14-19-9-5-6-10-25-19/h3-12,24H,13-15H2,1-2H3. The fraction of sp³-hybridized carbons (Fsp3) is 0.227. The molecule has 3 rings (SSSR count). The summed E-state index contributed by atoms with van der Waals surface area (Å²) in [6.45, 7) is 4.01. The normalized spacial score (nSPS) is 10.6. The molecule has 1 aromatic heterocycles. The number of hydrogen-bond acceptors (Lipinski definition) is 4. The molecule has 0 saturated carbocycles. The van der Waals surface area contributed by atoms with Gasteiger partial charge in [-0.1, -0.05) is 30.3 Å². The van der Waals surface area contributed by atoms with E-state index in [-0.39, 0.29) is 0 Å². The average Bonchev–Trinajstić information content (AvgIpc) is 2.69. The number of halogens is 1. The van der Waals surface area contributed by atoms with Crippen molar-refractivity contribution in [3.63, 3.8) is 0 Å². The minimum absolute atomic E-state index is 0.499. The maximum absolute atomic E-state index is 6.05. The van der Waals surface area contributed by atoms with Crippen LogP contribution in [0.25, 0.3) is 0 Å². The van der Waals surface area contributed by atoms with Crippen LogP contribution in [-0.4, -0.2) is 12.1 Å². The molecule has 3 aromatic rings. The van der Waals surface area contributed by atoms with Crippen molar-refractivity contribution in [2.75, 3.05) is 7.11 Å². The quantitative estimate of drug-likeness (QED) is 0.548. The maximum Gasteiger partial charge on any atom is 0.175 e. The minimum atomic E-state index is 0.499. The van der Waals surface area contributed by atoms with Gasteiger partial charge < -0.3 is 14.8 Å². The van der Waals surface area contributed by atoms with Crippen molar-refractivity contribution in [3.8, 4) is 11.5 Å². The number of aryl methyl sites for hydroxylation is 1. The third kappa shape index (κ3) is 5.31. The molecule has 0 atom stereocenters. The summed E-state index contributed by atoms with van der Waals surface area (Å²) in [5.74, 6) is 1.43. The molecule has 1 N–H and O–H groups in total. The monoisotopic (exact) mass is 426 g/mol. The van der Waals surface area contributed by atoms with Gasteiger partial charge in [-0.3, -0.25) is 4.98 Å². The Bertz CT molecular complexity index is 885. The Kier molecular flexibility index (Phi) is 6.85. The molecule has 0 aliphatic rings. The van der Waals surface area contributed by atoms with Gasteiger partial charge >= 0.3 is 0 Å². The lowest BCUT2D eigenvalue weighted by Crippen LogP contribution is -2.13. The second-order valence-corrected chi connectivity index (χ2v) is 7.10. The van der Waals surface area contributed by atoms with E-state index in [1.54, 1.807) is 13.3 Å². The minimum Gasteiger partial charge on any atom is -0.493 e. The largest absolute Gasteiger partial charge is 0.493 e. The highest BCUT2D eigenvalue weighted by molar-refractivity contribution is 9.10. The molecule has 0 saturated heterocycles. The van der Waals surface area contributed by atoms with E-state index < -0.39 is 0 Å². The molecule has 4 nitrogen and oxygen atoms in total. The summed E-state index contributed by atoms with van der Waals surface area (Å²) >= 11 is 3.62. The van der Waals surface area contributed by atoms with Crippen molar-refractivity contribution in [2.24, 2.45) is 0 Å². The molecule has 2 aromatic carbocycles. The van der Waals surface area contributed by atoms with E-state index >= 15 is 0 Å². The third-order valence-electron chi connectivity index (χ3n) is 4.28. The van der Waals surface area contributed by atoms with E-state index in [9.17, 15) is 0 Å². The van der Waals surface area contributed by atoms with Crippen LogP contribution in [0.5, 0.6) is 11.5 Å². The third-order valence-corrected chi connectivity index (χ3v) is 4.87. The fourth-order valence-corrected chi connectivity index (χ4v) is 3.38. The molecule has 0 aliphatic heterocycles. The van der Waals surface area contributed by atoms with E-state index in [1.807, 2.05) is 36.4 Å². The van der Waals surface area contributed by atoms with E-state index in [0.717, 1.165) is 21.3 Å². The first-order chi connectivity index (χ1) is 13.2. The lowest BCUT2D eigenvalue weighted by Gasteiger charge is -2.15. The smallest absolute Gasteiger partial charge is 0.175 e. The summed E-state index contributed by atoms with van der Waals surface area (Å²) in [5.41, 5.74) is 4.50. The van der Waals surface area contributed by atoms with Gasteiger partial charge in [0.15, 0.2) is 11.5 Å². The van der Waals surface area contributed by atoms with Gasteiger partial charge in [-0.2, -0.15) is 0 Å². The van der Waals surface area contributed by atoms with Gasteiger partial charge in [0.1, 0.15) is 6.61 Å². The predicted molar refractivity (Wildman–Crippen MR) is 111 cm³/mol. The van der Waals surface area contributed by atoms with Gasteiger partial charge in [0.05, 0.1) is 17.3 Å². The number of aromatic nitrogens is 1. The van der Waals surface area contributed by atoms with Crippen LogP contribution in [0, 0.1) is 6.92 Å². The molecule has 27 heavy (non-hydrogen) atoms. The molecule has 0 fully saturated rings. The first-order valence-corrected chi connectivity index (χ1v) is 9.61. The van der Waals surface area contributed by atoms with Crippen LogP contribution in [0.15, 0.2) is 65.3 Å². The van der Waals surface area contributed by atoms with Crippen molar-refractivity contribution in [3.05, 3.63) is 87.7 Å². The van der Waals surface area contributed by atoms with Gasteiger partial charge in [-0.05, 0) is 63.8 Å². The van der Waals surface area contributed by atoms with E-state index in [4.69, 9.17) is 9.47 Å². The number of ether oxygens (including phenoxy) is 2. The Hall–Kier alpha value is -2.37. The molecule has 5 heteroatoms. The summed E-state index contributed by atoms with van der Waals surface area (Å²) in [6, 6.07) is 18.2. The Labute approximate surface area is 168 Å². The van der Waals surface area contributed by atoms with Crippen LogP contribution in [0.1, 0.15) is 22.4 Å². The van der Waals surface area contributed by atoms with Crippen molar-refractivity contribution in [1.82, 2.24) is 10.3 Å². The summed E-state index contributed by atoms with van der Waals surface area (Å²) < 4.78 is 12.5. The van der Waals surface area contributed by atoms with E-state index in [1.165, 1.54) is 5.56 Å². The molecular formula is C22H23BrN2O2. The zero-order valence-corrected chi connectivity index (χ0v) is 17.1. The van der Waals surface area contributed by atoms with Crippen LogP contribution in [0.4, 0.5) is 0 Å². The average molecular weight is 427 g/mol. The van der Waals surface area contributed by atoms with Gasteiger partial charge in [0.25, 0.3) is 0 Å². The number of hydrogen-bond donors (Lipinski definition) is 1. The summed E-state index contributed by atoms with van der Waals surface area (Å²) in [6.07, 6.45) is 1.80. The second kappa shape index (κ2) is 9.53. The van der Waals surface area contributed by atoms with Gasteiger partial charge in [0.2, 0.25) is 0 Å². The van der Waals surface area contributed by atoms with Gasteiger partial charge in [-0.25, -0.2) is 0 Å². The van der Waals surface area contributed by atoms with Crippen molar-refractivity contribution >= 4 is 15.9 Å². The molecule has 0 aliphatic carbocycles. The molecule has 1 heterocycles. The first-order valence-electron chi connectivity index (χ1n) is 8.81. The summed E-state index contributed by atoms with van der Waals surface area (Å²) in [5, 5.41) is 3.40. The van der Waals surface area contributed by atoms with Crippen LogP contribution in [-0.2, 0) is 19.7 Å². The molecule has 0 amide bonds.